The van der Waals surface area contributed by atoms with E-state index in [4.69, 9.17) is 0 Å². The van der Waals surface area contributed by atoms with Crippen molar-refractivity contribution in [1.82, 2.24) is 10.6 Å². The first-order chi connectivity index (χ1) is 5.54. The third kappa shape index (κ3) is 32.7. The zero-order valence-corrected chi connectivity index (χ0v) is 11.6. The van der Waals surface area contributed by atoms with Gasteiger partial charge in [-0.15, -0.1) is 0 Å². The molecule has 0 heterocycles. The fourth-order valence-corrected chi connectivity index (χ4v) is 0.500. The molecule has 0 spiro atoms. The monoisotopic (exact) mass is 260 g/mol. The SMILES string of the molecule is C=CNC(=S)[S-].C=CNC(=S)[S-].[Mg+2]. The van der Waals surface area contributed by atoms with E-state index < -0.39 is 0 Å². The van der Waals surface area contributed by atoms with Crippen LogP contribution in [0.15, 0.2) is 25.6 Å². The molecular weight excluding hydrogens is 253 g/mol. The van der Waals surface area contributed by atoms with Crippen molar-refractivity contribution in [1.29, 1.82) is 0 Å². The van der Waals surface area contributed by atoms with Crippen molar-refractivity contribution in [2.75, 3.05) is 0 Å². The Hall–Kier alpha value is 0.466. The summed E-state index contributed by atoms with van der Waals surface area (Å²) in [6, 6.07) is 0. The maximum absolute atomic E-state index is 4.43. The summed E-state index contributed by atoms with van der Waals surface area (Å²) in [5, 5.41) is 5.04. The zero-order chi connectivity index (χ0) is 9.98. The second-order valence-electron chi connectivity index (χ2n) is 1.27. The third-order valence-corrected chi connectivity index (χ3v) is 0.911. The Bertz CT molecular complexity index is 163. The predicted molar refractivity (Wildman–Crippen MR) is 72.3 cm³/mol. The molecule has 0 radical (unpaired) electrons. The molecule has 0 rings (SSSR count). The largest absolute Gasteiger partial charge is 2.00 e. The summed E-state index contributed by atoms with van der Waals surface area (Å²) in [6.07, 6.45) is 2.91. The van der Waals surface area contributed by atoms with Gasteiger partial charge in [-0.3, -0.25) is 0 Å². The molecule has 0 saturated carbocycles. The zero-order valence-electron chi connectivity index (χ0n) is 6.91. The molecular formula is C6H8MgN2S4. The van der Waals surface area contributed by atoms with Crippen LogP contribution in [0.4, 0.5) is 0 Å². The summed E-state index contributed by atoms with van der Waals surface area (Å²) in [6.45, 7) is 6.67. The first-order valence-corrected chi connectivity index (χ1v) is 4.34. The Balaban J connectivity index is -0.000000143. The van der Waals surface area contributed by atoms with E-state index in [2.05, 4.69) is 73.5 Å². The van der Waals surface area contributed by atoms with E-state index in [1.54, 1.807) is 0 Å². The first-order valence-electron chi connectivity index (χ1n) is 2.71. The van der Waals surface area contributed by atoms with Crippen molar-refractivity contribution < 1.29 is 0 Å². The van der Waals surface area contributed by atoms with E-state index in [0.29, 0.717) is 8.64 Å². The van der Waals surface area contributed by atoms with Gasteiger partial charge in [-0.25, -0.2) is 0 Å². The number of rotatable bonds is 2. The van der Waals surface area contributed by atoms with Crippen LogP contribution >= 0.6 is 24.4 Å². The average Bonchev–Trinajstić information content (AvgIpc) is 1.87. The van der Waals surface area contributed by atoms with Crippen molar-refractivity contribution in [2.24, 2.45) is 0 Å². The van der Waals surface area contributed by atoms with Gasteiger partial charge < -0.3 is 60.3 Å². The minimum absolute atomic E-state index is 0. The minimum Gasteiger partial charge on any atom is -0.411 e. The van der Waals surface area contributed by atoms with Crippen LogP contribution in [-0.2, 0) is 25.3 Å². The maximum Gasteiger partial charge on any atom is 2.00 e. The summed E-state index contributed by atoms with van der Waals surface area (Å²) < 4.78 is 0.676. The normalized spacial score (nSPS) is 6.15. The molecule has 7 heteroatoms. The van der Waals surface area contributed by atoms with E-state index in [1.165, 1.54) is 12.4 Å². The molecule has 0 aromatic carbocycles. The molecule has 0 aliphatic heterocycles. The van der Waals surface area contributed by atoms with E-state index in [-0.39, 0.29) is 23.1 Å². The van der Waals surface area contributed by atoms with Crippen molar-refractivity contribution in [3.8, 4) is 0 Å². The van der Waals surface area contributed by atoms with Gasteiger partial charge in [0.1, 0.15) is 0 Å². The van der Waals surface area contributed by atoms with Gasteiger partial charge in [0.25, 0.3) is 0 Å². The molecule has 0 atom stereocenters. The van der Waals surface area contributed by atoms with Gasteiger partial charge >= 0.3 is 23.1 Å². The minimum atomic E-state index is 0. The molecule has 0 amide bonds. The molecule has 0 fully saturated rings. The molecule has 68 valence electrons. The molecule has 13 heavy (non-hydrogen) atoms. The summed E-state index contributed by atoms with van der Waals surface area (Å²) in [7, 11) is 0. The topological polar surface area (TPSA) is 24.1 Å². The van der Waals surface area contributed by atoms with Crippen LogP contribution in [0.5, 0.6) is 0 Å². The summed E-state index contributed by atoms with van der Waals surface area (Å²) in [4.78, 5) is 0. The maximum atomic E-state index is 4.43. The van der Waals surface area contributed by atoms with Gasteiger partial charge in [0.05, 0.1) is 0 Å². The molecule has 0 aromatic heterocycles. The fraction of sp³-hybridized carbons (Fsp3) is 0. The molecule has 0 aromatic rings. The van der Waals surface area contributed by atoms with Crippen LogP contribution in [0.3, 0.4) is 0 Å². The number of hydrogen-bond acceptors (Lipinski definition) is 4. The van der Waals surface area contributed by atoms with Crippen LogP contribution in [0, 0.1) is 0 Å². The molecule has 0 aliphatic rings. The van der Waals surface area contributed by atoms with E-state index in [0.717, 1.165) is 0 Å². The van der Waals surface area contributed by atoms with E-state index in [9.17, 15) is 0 Å². The summed E-state index contributed by atoms with van der Waals surface area (Å²) in [5.74, 6) is 0. The van der Waals surface area contributed by atoms with Crippen LogP contribution in [0.2, 0.25) is 0 Å². The second-order valence-corrected chi connectivity index (χ2v) is 3.42. The Morgan fingerprint density at radius 3 is 1.23 bits per heavy atom. The van der Waals surface area contributed by atoms with Crippen LogP contribution in [0.25, 0.3) is 0 Å². The van der Waals surface area contributed by atoms with Crippen molar-refractivity contribution >= 4 is 81.4 Å². The Morgan fingerprint density at radius 2 is 1.23 bits per heavy atom. The predicted octanol–water partition coefficient (Wildman–Crippen LogP) is 0.722. The van der Waals surface area contributed by atoms with Crippen LogP contribution in [-0.4, -0.2) is 31.7 Å². The molecule has 2 N–H and O–H groups in total. The van der Waals surface area contributed by atoms with E-state index in [1.807, 2.05) is 0 Å². The first kappa shape index (κ1) is 19.1. The standard InChI is InChI=1S/2C3H5NS2.Mg/c2*1-2-4-3(5)6;/h2*2H,1H2,(H2,4,5,6);/q;;+2/p-2. The summed E-state index contributed by atoms with van der Waals surface area (Å²) >= 11 is 17.7. The van der Waals surface area contributed by atoms with Crippen molar-refractivity contribution in [3.63, 3.8) is 0 Å². The van der Waals surface area contributed by atoms with Gasteiger partial charge in [-0.05, 0) is 12.4 Å². The number of thiocarbonyl (C=S) groups is 2. The fourth-order valence-electron chi connectivity index (χ4n) is 0.167. The van der Waals surface area contributed by atoms with Gasteiger partial charge in [0.15, 0.2) is 0 Å². The number of hydrogen-bond donors (Lipinski definition) is 2. The Morgan fingerprint density at radius 1 is 1.00 bits per heavy atom. The van der Waals surface area contributed by atoms with Gasteiger partial charge in [0.2, 0.25) is 0 Å². The van der Waals surface area contributed by atoms with E-state index >= 15 is 0 Å². The molecule has 0 saturated heterocycles. The second kappa shape index (κ2) is 15.0. The van der Waals surface area contributed by atoms with Gasteiger partial charge in [0, 0.05) is 0 Å². The third-order valence-electron chi connectivity index (χ3n) is 0.440. The van der Waals surface area contributed by atoms with Crippen molar-refractivity contribution in [3.05, 3.63) is 25.6 Å². The molecule has 2 nitrogen and oxygen atoms in total. The number of nitrogens with one attached hydrogen (secondary N) is 2. The average molecular weight is 261 g/mol. The molecule has 0 unspecified atom stereocenters. The van der Waals surface area contributed by atoms with Gasteiger partial charge in [-0.1, -0.05) is 21.8 Å². The van der Waals surface area contributed by atoms with Crippen LogP contribution < -0.4 is 10.6 Å². The van der Waals surface area contributed by atoms with Crippen molar-refractivity contribution in [2.45, 2.75) is 0 Å². The van der Waals surface area contributed by atoms with Crippen LogP contribution in [0.1, 0.15) is 0 Å². The quantitative estimate of drug-likeness (QED) is 0.431. The molecule has 0 bridgehead atoms. The molecule has 0 aliphatic carbocycles. The Kier molecular flexibility index (Phi) is 22.0. The Labute approximate surface area is 117 Å². The smallest absolute Gasteiger partial charge is 0.411 e. The van der Waals surface area contributed by atoms with Gasteiger partial charge in [-0.2, -0.15) is 0 Å². The summed E-state index contributed by atoms with van der Waals surface area (Å²) in [5.41, 5.74) is 0.